The van der Waals surface area contributed by atoms with E-state index in [-0.39, 0.29) is 0 Å². The summed E-state index contributed by atoms with van der Waals surface area (Å²) in [7, 11) is 1.76. The first kappa shape index (κ1) is 14.4. The van der Waals surface area contributed by atoms with Gasteiger partial charge in [-0.05, 0) is 56.8 Å². The fourth-order valence-corrected chi connectivity index (χ4v) is 2.97. The summed E-state index contributed by atoms with van der Waals surface area (Å²) in [6.45, 7) is 6.34. The Hall–Kier alpha value is -1.06. The van der Waals surface area contributed by atoms with E-state index >= 15 is 0 Å². The molecular weight excluding hydrogens is 236 g/mol. The summed E-state index contributed by atoms with van der Waals surface area (Å²) in [6, 6.07) is 6.48. The minimum absolute atomic E-state index is 0.774. The van der Waals surface area contributed by atoms with Gasteiger partial charge in [-0.15, -0.1) is 0 Å². The van der Waals surface area contributed by atoms with Gasteiger partial charge < -0.3 is 15.4 Å². The number of hydrogen-bond donors (Lipinski definition) is 1. The molecular formula is C16H26N2O. The minimum Gasteiger partial charge on any atom is -0.496 e. The standard InChI is InChI=1S/C16H26N2O/c1-13-3-4-16(19-2)15(11-13)12-14-5-8-18(9-6-14)10-7-17/h3-4,11,14H,5-10,12,17H2,1-2H3. The van der Waals surface area contributed by atoms with E-state index in [1.807, 2.05) is 0 Å². The summed E-state index contributed by atoms with van der Waals surface area (Å²) in [4.78, 5) is 2.48. The molecule has 0 saturated carbocycles. The second-order valence-corrected chi connectivity index (χ2v) is 5.59. The van der Waals surface area contributed by atoms with Crippen LogP contribution in [-0.4, -0.2) is 38.2 Å². The van der Waals surface area contributed by atoms with Gasteiger partial charge >= 0.3 is 0 Å². The van der Waals surface area contributed by atoms with Crippen LogP contribution in [0.1, 0.15) is 24.0 Å². The molecule has 1 aliphatic rings. The van der Waals surface area contributed by atoms with Crippen LogP contribution in [-0.2, 0) is 6.42 Å². The number of likely N-dealkylation sites (tertiary alicyclic amines) is 1. The monoisotopic (exact) mass is 262 g/mol. The first-order valence-electron chi connectivity index (χ1n) is 7.29. The fourth-order valence-electron chi connectivity index (χ4n) is 2.97. The number of nitrogens with two attached hydrogens (primary N) is 1. The maximum atomic E-state index is 5.61. The molecule has 0 unspecified atom stereocenters. The third-order valence-corrected chi connectivity index (χ3v) is 4.10. The lowest BCUT2D eigenvalue weighted by atomic mass is 9.89. The molecule has 1 heterocycles. The van der Waals surface area contributed by atoms with Crippen molar-refractivity contribution in [2.45, 2.75) is 26.2 Å². The predicted octanol–water partition coefficient (Wildman–Crippen LogP) is 2.22. The van der Waals surface area contributed by atoms with Gasteiger partial charge in [-0.2, -0.15) is 0 Å². The molecule has 106 valence electrons. The number of aryl methyl sites for hydroxylation is 1. The molecule has 3 nitrogen and oxygen atoms in total. The first-order valence-corrected chi connectivity index (χ1v) is 7.29. The molecule has 2 rings (SSSR count). The highest BCUT2D eigenvalue weighted by atomic mass is 16.5. The van der Waals surface area contributed by atoms with Crippen LogP contribution in [0.4, 0.5) is 0 Å². The van der Waals surface area contributed by atoms with Crippen molar-refractivity contribution in [2.24, 2.45) is 11.7 Å². The van der Waals surface area contributed by atoms with Gasteiger partial charge in [0.05, 0.1) is 7.11 Å². The summed E-state index contributed by atoms with van der Waals surface area (Å²) >= 11 is 0. The van der Waals surface area contributed by atoms with Gasteiger partial charge in [-0.1, -0.05) is 17.7 Å². The Kier molecular flexibility index (Phi) is 5.23. The molecule has 3 heteroatoms. The van der Waals surface area contributed by atoms with Crippen LogP contribution >= 0.6 is 0 Å². The van der Waals surface area contributed by atoms with E-state index in [2.05, 4.69) is 30.0 Å². The van der Waals surface area contributed by atoms with Gasteiger partial charge in [0.2, 0.25) is 0 Å². The van der Waals surface area contributed by atoms with Gasteiger partial charge in [0, 0.05) is 13.1 Å². The first-order chi connectivity index (χ1) is 9.22. The molecule has 0 aliphatic carbocycles. The summed E-state index contributed by atoms with van der Waals surface area (Å²) in [5.74, 6) is 1.82. The van der Waals surface area contributed by atoms with Crippen LogP contribution in [0.2, 0.25) is 0 Å². The number of hydrogen-bond acceptors (Lipinski definition) is 3. The van der Waals surface area contributed by atoms with E-state index in [4.69, 9.17) is 10.5 Å². The third-order valence-electron chi connectivity index (χ3n) is 4.10. The molecule has 1 aliphatic heterocycles. The Bertz CT molecular complexity index is 398. The third kappa shape index (κ3) is 3.95. The average molecular weight is 262 g/mol. The number of methoxy groups -OCH3 is 1. The molecule has 1 fully saturated rings. The van der Waals surface area contributed by atoms with Crippen molar-refractivity contribution < 1.29 is 4.74 Å². The van der Waals surface area contributed by atoms with Crippen molar-refractivity contribution in [1.82, 2.24) is 4.90 Å². The Labute approximate surface area is 116 Å². The molecule has 0 atom stereocenters. The average Bonchev–Trinajstić information content (AvgIpc) is 2.42. The summed E-state index contributed by atoms with van der Waals surface area (Å²) in [5, 5.41) is 0. The van der Waals surface area contributed by atoms with Crippen molar-refractivity contribution >= 4 is 0 Å². The lowest BCUT2D eigenvalue weighted by Gasteiger charge is -2.31. The molecule has 0 bridgehead atoms. The highest BCUT2D eigenvalue weighted by Gasteiger charge is 2.20. The largest absolute Gasteiger partial charge is 0.496 e. The smallest absolute Gasteiger partial charge is 0.122 e. The maximum Gasteiger partial charge on any atom is 0.122 e. The van der Waals surface area contributed by atoms with E-state index in [0.29, 0.717) is 0 Å². The molecule has 0 radical (unpaired) electrons. The zero-order valence-corrected chi connectivity index (χ0v) is 12.2. The Morgan fingerprint density at radius 2 is 2.05 bits per heavy atom. The Balaban J connectivity index is 1.93. The maximum absolute atomic E-state index is 5.61. The topological polar surface area (TPSA) is 38.5 Å². The molecule has 1 saturated heterocycles. The fraction of sp³-hybridized carbons (Fsp3) is 0.625. The minimum atomic E-state index is 0.774. The van der Waals surface area contributed by atoms with Gasteiger partial charge in [0.25, 0.3) is 0 Å². The van der Waals surface area contributed by atoms with Crippen LogP contribution in [0.3, 0.4) is 0 Å². The van der Waals surface area contributed by atoms with Crippen LogP contribution in [0.25, 0.3) is 0 Å². The molecule has 19 heavy (non-hydrogen) atoms. The Morgan fingerprint density at radius 3 is 2.68 bits per heavy atom. The SMILES string of the molecule is COc1ccc(C)cc1CC1CCN(CCN)CC1. The normalized spacial score (nSPS) is 17.6. The second kappa shape index (κ2) is 6.92. The Morgan fingerprint density at radius 1 is 1.32 bits per heavy atom. The van der Waals surface area contributed by atoms with Crippen LogP contribution < -0.4 is 10.5 Å². The highest BCUT2D eigenvalue weighted by Crippen LogP contribution is 2.27. The molecule has 0 aromatic heterocycles. The van der Waals surface area contributed by atoms with Gasteiger partial charge in [0.1, 0.15) is 5.75 Å². The zero-order valence-electron chi connectivity index (χ0n) is 12.2. The number of ether oxygens (including phenoxy) is 1. The second-order valence-electron chi connectivity index (χ2n) is 5.59. The molecule has 1 aromatic rings. The van der Waals surface area contributed by atoms with Gasteiger partial charge in [-0.3, -0.25) is 0 Å². The lowest BCUT2D eigenvalue weighted by Crippen LogP contribution is -2.37. The van der Waals surface area contributed by atoms with Gasteiger partial charge in [-0.25, -0.2) is 0 Å². The van der Waals surface area contributed by atoms with Crippen molar-refractivity contribution in [3.8, 4) is 5.75 Å². The summed E-state index contributed by atoms with van der Waals surface area (Å²) in [5.41, 5.74) is 8.29. The summed E-state index contributed by atoms with van der Waals surface area (Å²) < 4.78 is 5.47. The van der Waals surface area contributed by atoms with Gasteiger partial charge in [0.15, 0.2) is 0 Å². The van der Waals surface area contributed by atoms with Crippen molar-refractivity contribution in [2.75, 3.05) is 33.3 Å². The molecule has 1 aromatic carbocycles. The van der Waals surface area contributed by atoms with E-state index < -0.39 is 0 Å². The number of benzene rings is 1. The van der Waals surface area contributed by atoms with Crippen molar-refractivity contribution in [3.63, 3.8) is 0 Å². The zero-order chi connectivity index (χ0) is 13.7. The predicted molar refractivity (Wildman–Crippen MR) is 79.7 cm³/mol. The van der Waals surface area contributed by atoms with E-state index in [9.17, 15) is 0 Å². The van der Waals surface area contributed by atoms with E-state index in [0.717, 1.165) is 31.2 Å². The summed E-state index contributed by atoms with van der Waals surface area (Å²) in [6.07, 6.45) is 3.69. The van der Waals surface area contributed by atoms with Crippen LogP contribution in [0, 0.1) is 12.8 Å². The number of piperidine rings is 1. The number of rotatable bonds is 5. The molecule has 2 N–H and O–H groups in total. The lowest BCUT2D eigenvalue weighted by molar-refractivity contribution is 0.188. The van der Waals surface area contributed by atoms with Crippen LogP contribution in [0.5, 0.6) is 5.75 Å². The quantitative estimate of drug-likeness (QED) is 0.884. The molecule has 0 spiro atoms. The highest BCUT2D eigenvalue weighted by molar-refractivity contribution is 5.37. The van der Waals surface area contributed by atoms with Crippen molar-refractivity contribution in [3.05, 3.63) is 29.3 Å². The van der Waals surface area contributed by atoms with Crippen molar-refractivity contribution in [1.29, 1.82) is 0 Å². The molecule has 0 amide bonds. The van der Waals surface area contributed by atoms with E-state index in [1.165, 1.54) is 37.1 Å². The number of nitrogens with zero attached hydrogens (tertiary/aromatic N) is 1. The van der Waals surface area contributed by atoms with E-state index in [1.54, 1.807) is 7.11 Å². The van der Waals surface area contributed by atoms with Crippen LogP contribution in [0.15, 0.2) is 18.2 Å².